The summed E-state index contributed by atoms with van der Waals surface area (Å²) < 4.78 is 12.3. The summed E-state index contributed by atoms with van der Waals surface area (Å²) >= 11 is 0. The lowest BCUT2D eigenvalue weighted by Crippen LogP contribution is -2.05. The first-order valence-electron chi connectivity index (χ1n) is 13.9. The molecule has 0 heterocycles. The van der Waals surface area contributed by atoms with Crippen LogP contribution in [0.3, 0.4) is 0 Å². The van der Waals surface area contributed by atoms with Crippen LogP contribution in [0.1, 0.15) is 11.1 Å². The Morgan fingerprint density at radius 2 is 0.775 bits per heavy atom. The Morgan fingerprint density at radius 1 is 0.425 bits per heavy atom. The van der Waals surface area contributed by atoms with Crippen molar-refractivity contribution in [2.75, 3.05) is 13.2 Å². The van der Waals surface area contributed by atoms with Gasteiger partial charge in [-0.15, -0.1) is 0 Å². The van der Waals surface area contributed by atoms with Crippen molar-refractivity contribution < 1.29 is 9.47 Å². The van der Waals surface area contributed by atoms with Crippen molar-refractivity contribution in [2.24, 2.45) is 0 Å². The van der Waals surface area contributed by atoms with Crippen molar-refractivity contribution >= 4 is 64.6 Å². The van der Waals surface area contributed by atoms with Gasteiger partial charge < -0.3 is 9.47 Å². The quantitative estimate of drug-likeness (QED) is 0.148. The van der Waals surface area contributed by atoms with Crippen molar-refractivity contribution in [1.29, 1.82) is 0 Å². The van der Waals surface area contributed by atoms with Gasteiger partial charge in [0.15, 0.2) is 0 Å². The van der Waals surface area contributed by atoms with E-state index in [4.69, 9.17) is 9.47 Å². The number of benzene rings is 8. The van der Waals surface area contributed by atoms with E-state index in [9.17, 15) is 0 Å². The topological polar surface area (TPSA) is 18.5 Å². The highest BCUT2D eigenvalue weighted by atomic mass is 16.5. The molecule has 0 N–H and O–H groups in total. The lowest BCUT2D eigenvalue weighted by Gasteiger charge is -2.15. The lowest BCUT2D eigenvalue weighted by atomic mass is 9.92. The van der Waals surface area contributed by atoms with Crippen molar-refractivity contribution in [3.63, 3.8) is 0 Å². The van der Waals surface area contributed by atoms with Crippen LogP contribution >= 0.6 is 0 Å². The number of rotatable bonds is 8. The van der Waals surface area contributed by atoms with Gasteiger partial charge in [-0.1, -0.05) is 116 Å². The van der Waals surface area contributed by atoms with E-state index < -0.39 is 0 Å². The second kappa shape index (κ2) is 9.31. The first-order chi connectivity index (χ1) is 19.7. The Hall–Kier alpha value is -4.50. The average Bonchev–Trinajstić information content (AvgIpc) is 3.00. The molecular formula is C38H28O2. The van der Waals surface area contributed by atoms with Gasteiger partial charge in [0.2, 0.25) is 0 Å². The highest BCUT2D eigenvalue weighted by Crippen LogP contribution is 2.37. The van der Waals surface area contributed by atoms with Crippen LogP contribution in [0.15, 0.2) is 121 Å². The summed E-state index contributed by atoms with van der Waals surface area (Å²) in [6.07, 6.45) is 0. The Balaban J connectivity index is 0.954. The molecule has 0 radical (unpaired) electrons. The van der Waals surface area contributed by atoms with Gasteiger partial charge in [-0.25, -0.2) is 0 Å². The van der Waals surface area contributed by atoms with Gasteiger partial charge in [0.25, 0.3) is 0 Å². The van der Waals surface area contributed by atoms with E-state index in [-0.39, 0.29) is 0 Å². The fourth-order valence-corrected chi connectivity index (χ4v) is 6.50. The molecule has 0 bridgehead atoms. The zero-order chi connectivity index (χ0) is 26.6. The second-order valence-electron chi connectivity index (χ2n) is 10.9. The minimum atomic E-state index is 0.473. The molecule has 0 aliphatic heterocycles. The molecule has 2 heteroatoms. The Morgan fingerprint density at radius 3 is 1.20 bits per heavy atom. The van der Waals surface area contributed by atoms with E-state index in [1.54, 1.807) is 0 Å². The third-order valence-corrected chi connectivity index (χ3v) is 8.37. The van der Waals surface area contributed by atoms with E-state index in [0.29, 0.717) is 26.4 Å². The molecule has 0 spiro atoms. The third kappa shape index (κ3) is 3.72. The van der Waals surface area contributed by atoms with Crippen LogP contribution in [0.4, 0.5) is 0 Å². The average molecular weight is 517 g/mol. The summed E-state index contributed by atoms with van der Waals surface area (Å²) in [4.78, 5) is 0. The van der Waals surface area contributed by atoms with Crippen LogP contribution in [0.5, 0.6) is 0 Å². The van der Waals surface area contributed by atoms with Gasteiger partial charge in [0, 0.05) is 0 Å². The normalized spacial score (nSPS) is 12.2. The molecule has 0 aliphatic rings. The van der Waals surface area contributed by atoms with E-state index >= 15 is 0 Å². The van der Waals surface area contributed by atoms with E-state index in [2.05, 4.69) is 116 Å². The van der Waals surface area contributed by atoms with Crippen molar-refractivity contribution in [1.82, 2.24) is 0 Å². The minimum Gasteiger partial charge on any atom is -0.372 e. The summed E-state index contributed by atoms with van der Waals surface area (Å²) in [6.45, 7) is 6.26. The van der Waals surface area contributed by atoms with Crippen LogP contribution in [0.2, 0.25) is 0 Å². The first kappa shape index (κ1) is 23.4. The predicted octanol–water partition coefficient (Wildman–Crippen LogP) is 9.77. The third-order valence-electron chi connectivity index (χ3n) is 8.37. The van der Waals surface area contributed by atoms with Gasteiger partial charge in [-0.3, -0.25) is 0 Å². The molecule has 0 fully saturated rings. The Labute approximate surface area is 232 Å². The maximum absolute atomic E-state index is 6.14. The van der Waals surface area contributed by atoms with Gasteiger partial charge in [0.05, 0.1) is 26.4 Å². The summed E-state index contributed by atoms with van der Waals surface area (Å²) in [5.74, 6) is 0. The highest BCUT2D eigenvalue weighted by molar-refractivity contribution is 6.24. The fourth-order valence-electron chi connectivity index (χ4n) is 6.50. The molecule has 2 nitrogen and oxygen atoms in total. The van der Waals surface area contributed by atoms with Crippen LogP contribution in [0.25, 0.3) is 64.6 Å². The molecular weight excluding hydrogens is 488 g/mol. The van der Waals surface area contributed by atoms with Crippen molar-refractivity contribution in [2.45, 2.75) is 13.2 Å². The maximum Gasteiger partial charge on any atom is 0.0727 e. The maximum atomic E-state index is 6.14. The van der Waals surface area contributed by atoms with Gasteiger partial charge in [-0.05, 0) is 81.3 Å². The summed E-state index contributed by atoms with van der Waals surface area (Å²) in [5.41, 5.74) is 3.34. The minimum absolute atomic E-state index is 0.473. The Bertz CT molecular complexity index is 2000. The summed E-state index contributed by atoms with van der Waals surface area (Å²) in [6, 6.07) is 39.6. The zero-order valence-corrected chi connectivity index (χ0v) is 22.2. The van der Waals surface area contributed by atoms with E-state index in [0.717, 1.165) is 5.57 Å². The van der Waals surface area contributed by atoms with Crippen LogP contribution in [-0.4, -0.2) is 13.2 Å². The molecule has 8 aromatic carbocycles. The van der Waals surface area contributed by atoms with Crippen LogP contribution < -0.4 is 0 Å². The number of hydrogen-bond donors (Lipinski definition) is 0. The molecule has 0 aromatic heterocycles. The summed E-state index contributed by atoms with van der Waals surface area (Å²) in [7, 11) is 0. The van der Waals surface area contributed by atoms with Crippen molar-refractivity contribution in [3.05, 3.63) is 132 Å². The van der Waals surface area contributed by atoms with E-state index in [1.165, 1.54) is 75.8 Å². The fraction of sp³-hybridized carbons (Fsp3) is 0.105. The molecule has 8 rings (SSSR count). The number of hydrogen-bond acceptors (Lipinski definition) is 2. The van der Waals surface area contributed by atoms with Gasteiger partial charge >= 0.3 is 0 Å². The highest BCUT2D eigenvalue weighted by Gasteiger charge is 2.12. The predicted molar refractivity (Wildman–Crippen MR) is 169 cm³/mol. The van der Waals surface area contributed by atoms with Crippen LogP contribution in [0, 0.1) is 0 Å². The smallest absolute Gasteiger partial charge is 0.0727 e. The number of ether oxygens (including phenoxy) is 2. The van der Waals surface area contributed by atoms with Gasteiger partial charge in [0.1, 0.15) is 0 Å². The largest absolute Gasteiger partial charge is 0.372 e. The lowest BCUT2D eigenvalue weighted by molar-refractivity contribution is 0.106. The molecule has 40 heavy (non-hydrogen) atoms. The first-order valence-corrected chi connectivity index (χ1v) is 13.9. The second-order valence-corrected chi connectivity index (χ2v) is 10.9. The molecule has 0 amide bonds. The molecule has 0 atom stereocenters. The molecule has 0 unspecified atom stereocenters. The van der Waals surface area contributed by atoms with Crippen molar-refractivity contribution in [3.8, 4) is 0 Å². The molecule has 192 valence electrons. The molecule has 0 saturated heterocycles. The van der Waals surface area contributed by atoms with E-state index in [1.807, 2.05) is 0 Å². The van der Waals surface area contributed by atoms with Gasteiger partial charge in [-0.2, -0.15) is 0 Å². The summed E-state index contributed by atoms with van der Waals surface area (Å²) in [5, 5.41) is 15.5. The molecule has 0 aliphatic carbocycles. The Kier molecular flexibility index (Phi) is 5.44. The SMILES string of the molecule is C=C(COCc1ccc2ccc3cccc4ccc1c2c34)COCc1ccc2ccc3cccc4ccc1c2c34. The molecule has 8 aromatic rings. The van der Waals surface area contributed by atoms with Crippen LogP contribution in [-0.2, 0) is 22.7 Å². The zero-order valence-electron chi connectivity index (χ0n) is 22.2. The standard InChI is InChI=1S/C38H28O2/c1-24(20-39-22-31-14-12-29-10-8-25-4-2-6-27-16-18-33(31)37(29)35(25)27)21-40-23-32-15-13-30-11-9-26-5-3-7-28-17-19-34(32)38(30)36(26)28/h2-19H,1,20-23H2. The monoisotopic (exact) mass is 516 g/mol. The molecule has 0 saturated carbocycles.